The summed E-state index contributed by atoms with van der Waals surface area (Å²) in [7, 11) is 2.54. The number of halogens is 7. The number of likely N-dealkylation sites (N-methyl/N-ethyl adjacent to an activating group) is 1. The lowest BCUT2D eigenvalue weighted by Gasteiger charge is -2.33. The molecule has 1 saturated heterocycles. The number of alkyl halides is 6. The summed E-state index contributed by atoms with van der Waals surface area (Å²) in [4.78, 5) is 15.0. The molecule has 1 aliphatic rings. The molecule has 2 aromatic rings. The second-order valence-corrected chi connectivity index (χ2v) is 7.60. The molecule has 11 heteroatoms. The van der Waals surface area contributed by atoms with Gasteiger partial charge in [-0.15, -0.1) is 0 Å². The Morgan fingerprint density at radius 2 is 1.44 bits per heavy atom. The van der Waals surface area contributed by atoms with E-state index in [-0.39, 0.29) is 12.0 Å². The van der Waals surface area contributed by atoms with Gasteiger partial charge in [0.2, 0.25) is 0 Å². The second-order valence-electron chi connectivity index (χ2n) is 7.60. The molecule has 2 atom stereocenters. The maximum Gasteiger partial charge on any atom is 0.416 e. The number of hydrogen-bond acceptors (Lipinski definition) is 2. The number of amides is 2. The molecule has 0 spiro atoms. The minimum Gasteiger partial charge on any atom is -0.322 e. The lowest BCUT2D eigenvalue weighted by molar-refractivity contribution is -0.143. The van der Waals surface area contributed by atoms with Crippen molar-refractivity contribution in [2.45, 2.75) is 24.3 Å². The van der Waals surface area contributed by atoms with Crippen molar-refractivity contribution < 1.29 is 35.5 Å². The van der Waals surface area contributed by atoms with Crippen molar-refractivity contribution >= 4 is 11.7 Å². The number of carbonyl (C=O) groups is 1. The molecule has 1 N–H and O–H groups in total. The Kier molecular flexibility index (Phi) is 6.41. The third-order valence-electron chi connectivity index (χ3n) is 5.53. The van der Waals surface area contributed by atoms with Gasteiger partial charge in [0.05, 0.1) is 17.2 Å². The van der Waals surface area contributed by atoms with Gasteiger partial charge in [-0.05, 0) is 35.9 Å². The Labute approximate surface area is 179 Å². The van der Waals surface area contributed by atoms with E-state index in [1.807, 2.05) is 0 Å². The van der Waals surface area contributed by atoms with E-state index in [2.05, 4.69) is 5.32 Å². The minimum atomic E-state index is -5.02. The topological polar surface area (TPSA) is 35.6 Å². The van der Waals surface area contributed by atoms with E-state index in [1.54, 1.807) is 12.1 Å². The fourth-order valence-electron chi connectivity index (χ4n) is 3.74. The molecule has 2 amide bonds. The second kappa shape index (κ2) is 8.61. The number of anilines is 1. The normalized spacial score (nSPS) is 19.2. The van der Waals surface area contributed by atoms with E-state index < -0.39 is 47.1 Å². The van der Waals surface area contributed by atoms with Crippen LogP contribution in [0.15, 0.2) is 42.5 Å². The van der Waals surface area contributed by atoms with Crippen LogP contribution in [-0.2, 0) is 12.4 Å². The molecular formula is C21H20F7N3O. The zero-order valence-corrected chi connectivity index (χ0v) is 17.1. The number of urea groups is 1. The van der Waals surface area contributed by atoms with Crippen molar-refractivity contribution in [3.63, 3.8) is 0 Å². The van der Waals surface area contributed by atoms with Crippen molar-refractivity contribution in [2.24, 2.45) is 0 Å². The third kappa shape index (κ3) is 4.98. The van der Waals surface area contributed by atoms with Crippen molar-refractivity contribution in [1.82, 2.24) is 10.2 Å². The van der Waals surface area contributed by atoms with Crippen LogP contribution < -0.4 is 10.2 Å². The van der Waals surface area contributed by atoms with Gasteiger partial charge in [0.1, 0.15) is 5.82 Å². The molecule has 3 rings (SSSR count). The Morgan fingerprint density at radius 1 is 0.906 bits per heavy atom. The van der Waals surface area contributed by atoms with E-state index in [9.17, 15) is 35.5 Å². The van der Waals surface area contributed by atoms with Crippen LogP contribution in [0.5, 0.6) is 0 Å². The zero-order chi connectivity index (χ0) is 23.8. The molecule has 0 radical (unpaired) electrons. The van der Waals surface area contributed by atoms with Crippen LogP contribution in [0, 0.1) is 5.82 Å². The number of nitrogens with one attached hydrogen (secondary N) is 1. The molecule has 2 aromatic carbocycles. The molecule has 1 aliphatic heterocycles. The van der Waals surface area contributed by atoms with Gasteiger partial charge in [-0.1, -0.05) is 12.1 Å². The lowest BCUT2D eigenvalue weighted by atomic mass is 9.93. The highest BCUT2D eigenvalue weighted by molar-refractivity contribution is 5.92. The molecule has 0 bridgehead atoms. The lowest BCUT2D eigenvalue weighted by Crippen LogP contribution is -2.47. The van der Waals surface area contributed by atoms with Gasteiger partial charge < -0.3 is 10.2 Å². The van der Waals surface area contributed by atoms with Crippen molar-refractivity contribution in [3.8, 4) is 0 Å². The van der Waals surface area contributed by atoms with E-state index in [4.69, 9.17) is 0 Å². The average Bonchev–Trinajstić information content (AvgIpc) is 3.21. The van der Waals surface area contributed by atoms with Crippen molar-refractivity contribution in [3.05, 3.63) is 65.0 Å². The predicted molar refractivity (Wildman–Crippen MR) is 104 cm³/mol. The molecule has 1 heterocycles. The Balaban J connectivity index is 1.89. The smallest absolute Gasteiger partial charge is 0.322 e. The maximum absolute atomic E-state index is 13.2. The molecule has 32 heavy (non-hydrogen) atoms. The third-order valence-corrected chi connectivity index (χ3v) is 5.53. The van der Waals surface area contributed by atoms with Gasteiger partial charge in [-0.3, -0.25) is 4.90 Å². The van der Waals surface area contributed by atoms with Gasteiger partial charge in [-0.2, -0.15) is 26.3 Å². The summed E-state index contributed by atoms with van der Waals surface area (Å²) < 4.78 is 92.2. The number of nitrogens with zero attached hydrogens (tertiary/aromatic N) is 2. The first kappa shape index (κ1) is 23.8. The Bertz CT molecular complexity index is 941. The number of benzene rings is 2. The standard InChI is InChI=1S/C21H20F7N3O/c1-30(16-8-13(20(23,24)25)7-14(9-16)21(26,27)28)19(32)31(2)18-11-29-10-17(18)12-3-5-15(22)6-4-12/h3-9,17-18,29H,10-11H2,1-2H3/t17-,18-/m1/s1. The van der Waals surface area contributed by atoms with Gasteiger partial charge in [0, 0.05) is 38.8 Å². The van der Waals surface area contributed by atoms with Crippen LogP contribution >= 0.6 is 0 Å². The molecule has 0 aliphatic carbocycles. The number of carbonyl (C=O) groups excluding carboxylic acids is 1. The van der Waals surface area contributed by atoms with E-state index in [0.717, 1.165) is 17.5 Å². The Hall–Kier alpha value is -2.82. The quantitative estimate of drug-likeness (QED) is 0.643. The summed E-state index contributed by atoms with van der Waals surface area (Å²) in [6, 6.07) is 5.50. The van der Waals surface area contributed by atoms with E-state index in [0.29, 0.717) is 25.2 Å². The fourth-order valence-corrected chi connectivity index (χ4v) is 3.74. The fraction of sp³-hybridized carbons (Fsp3) is 0.381. The monoisotopic (exact) mass is 463 g/mol. The molecular weight excluding hydrogens is 443 g/mol. The van der Waals surface area contributed by atoms with E-state index in [1.165, 1.54) is 24.1 Å². The summed E-state index contributed by atoms with van der Waals surface area (Å²) in [6.07, 6.45) is -10.0. The van der Waals surface area contributed by atoms with Gasteiger partial charge in [0.15, 0.2) is 0 Å². The van der Waals surface area contributed by atoms with Crippen LogP contribution in [0.2, 0.25) is 0 Å². The molecule has 4 nitrogen and oxygen atoms in total. The highest BCUT2D eigenvalue weighted by Crippen LogP contribution is 2.38. The van der Waals surface area contributed by atoms with E-state index >= 15 is 0 Å². The Morgan fingerprint density at radius 3 is 1.94 bits per heavy atom. The highest BCUT2D eigenvalue weighted by Gasteiger charge is 2.39. The van der Waals surface area contributed by atoms with Gasteiger partial charge in [0.25, 0.3) is 0 Å². The average molecular weight is 463 g/mol. The summed E-state index contributed by atoms with van der Waals surface area (Å²) in [6.45, 7) is 0.827. The first-order chi connectivity index (χ1) is 14.8. The van der Waals surface area contributed by atoms with Gasteiger partial charge >= 0.3 is 18.4 Å². The molecule has 0 aromatic heterocycles. The SMILES string of the molecule is CN(C(=O)N(C)[C@@H]1CNC[C@@H]1c1ccc(F)cc1)c1cc(C(F)(F)F)cc(C(F)(F)F)c1. The molecule has 0 unspecified atom stereocenters. The van der Waals surface area contributed by atoms with Crippen LogP contribution in [0.3, 0.4) is 0 Å². The van der Waals surface area contributed by atoms with Crippen LogP contribution in [0.25, 0.3) is 0 Å². The van der Waals surface area contributed by atoms with Crippen molar-refractivity contribution in [2.75, 3.05) is 32.1 Å². The summed E-state index contributed by atoms with van der Waals surface area (Å²) >= 11 is 0. The first-order valence-corrected chi connectivity index (χ1v) is 9.55. The molecule has 0 saturated carbocycles. The predicted octanol–water partition coefficient (Wildman–Crippen LogP) is 5.11. The number of hydrogen-bond donors (Lipinski definition) is 1. The van der Waals surface area contributed by atoms with Gasteiger partial charge in [-0.25, -0.2) is 9.18 Å². The molecule has 174 valence electrons. The van der Waals surface area contributed by atoms with Crippen LogP contribution in [0.4, 0.5) is 41.2 Å². The van der Waals surface area contributed by atoms with Crippen molar-refractivity contribution in [1.29, 1.82) is 0 Å². The van der Waals surface area contributed by atoms with Crippen LogP contribution in [-0.4, -0.2) is 44.2 Å². The first-order valence-electron chi connectivity index (χ1n) is 9.55. The maximum atomic E-state index is 13.2. The minimum absolute atomic E-state index is 0.0109. The zero-order valence-electron chi connectivity index (χ0n) is 17.1. The summed E-state index contributed by atoms with van der Waals surface area (Å²) in [5, 5.41) is 3.10. The number of rotatable bonds is 3. The molecule has 1 fully saturated rings. The largest absolute Gasteiger partial charge is 0.416 e. The highest BCUT2D eigenvalue weighted by atomic mass is 19.4. The summed E-state index contributed by atoms with van der Waals surface area (Å²) in [5.41, 5.74) is -2.79. The van der Waals surface area contributed by atoms with Crippen LogP contribution in [0.1, 0.15) is 22.6 Å². The summed E-state index contributed by atoms with van der Waals surface area (Å²) in [5.74, 6) is -0.657.